The second kappa shape index (κ2) is 8.34. The zero-order valence-corrected chi connectivity index (χ0v) is 17.9. The molecule has 0 atom stereocenters. The van der Waals surface area contributed by atoms with E-state index in [9.17, 15) is 14.9 Å². The lowest BCUT2D eigenvalue weighted by Crippen LogP contribution is -2.32. The third kappa shape index (κ3) is 4.37. The SMILES string of the molecule is Cc1cc(C)c2nc(N(CCCN(C)C)C(=O)c3ccc([N+](=O)[O-])s3)sc2c1. The number of anilines is 1. The van der Waals surface area contributed by atoms with Gasteiger partial charge in [-0.2, -0.15) is 0 Å². The third-order valence-corrected chi connectivity index (χ3v) is 6.31. The summed E-state index contributed by atoms with van der Waals surface area (Å²) in [6.07, 6.45) is 0.778. The normalized spacial score (nSPS) is 11.3. The van der Waals surface area contributed by atoms with E-state index in [1.54, 1.807) is 4.90 Å². The Bertz CT molecular complexity index is 1030. The highest BCUT2D eigenvalue weighted by Gasteiger charge is 2.24. The Labute approximate surface area is 171 Å². The van der Waals surface area contributed by atoms with Crippen LogP contribution in [0.4, 0.5) is 10.1 Å². The van der Waals surface area contributed by atoms with E-state index in [-0.39, 0.29) is 10.9 Å². The van der Waals surface area contributed by atoms with Crippen LogP contribution < -0.4 is 4.90 Å². The minimum Gasteiger partial charge on any atom is -0.309 e. The number of thiazole rings is 1. The number of benzene rings is 1. The van der Waals surface area contributed by atoms with Crippen LogP contribution in [0.2, 0.25) is 0 Å². The van der Waals surface area contributed by atoms with Gasteiger partial charge in [-0.15, -0.1) is 0 Å². The van der Waals surface area contributed by atoms with Crippen molar-refractivity contribution in [3.63, 3.8) is 0 Å². The average Bonchev–Trinajstić information content (AvgIpc) is 3.25. The van der Waals surface area contributed by atoms with E-state index in [0.717, 1.165) is 45.6 Å². The highest BCUT2D eigenvalue weighted by molar-refractivity contribution is 7.22. The number of amides is 1. The highest BCUT2D eigenvalue weighted by atomic mass is 32.1. The van der Waals surface area contributed by atoms with Crippen molar-refractivity contribution in [1.82, 2.24) is 9.88 Å². The number of nitrogens with zero attached hydrogens (tertiary/aromatic N) is 4. The molecule has 1 amide bonds. The molecule has 3 aromatic rings. The molecule has 7 nitrogen and oxygen atoms in total. The maximum Gasteiger partial charge on any atom is 0.324 e. The van der Waals surface area contributed by atoms with E-state index in [1.807, 2.05) is 27.9 Å². The summed E-state index contributed by atoms with van der Waals surface area (Å²) < 4.78 is 1.04. The first-order valence-electron chi connectivity index (χ1n) is 8.85. The van der Waals surface area contributed by atoms with Crippen molar-refractivity contribution in [3.05, 3.63) is 50.4 Å². The highest BCUT2D eigenvalue weighted by Crippen LogP contribution is 2.34. The Hall–Kier alpha value is -2.36. The van der Waals surface area contributed by atoms with Crippen LogP contribution >= 0.6 is 22.7 Å². The van der Waals surface area contributed by atoms with Gasteiger partial charge >= 0.3 is 5.00 Å². The molecule has 2 aromatic heterocycles. The number of hydrogen-bond acceptors (Lipinski definition) is 7. The van der Waals surface area contributed by atoms with E-state index >= 15 is 0 Å². The molecule has 0 radical (unpaired) electrons. The maximum absolute atomic E-state index is 13.2. The molecule has 0 aliphatic carbocycles. The van der Waals surface area contributed by atoms with Crippen LogP contribution in [0.15, 0.2) is 24.3 Å². The number of carbonyl (C=O) groups is 1. The predicted octanol–water partition coefficient (Wildman–Crippen LogP) is 4.48. The molecule has 3 rings (SSSR count). The molecular formula is C19H22N4O3S2. The third-order valence-electron chi connectivity index (χ3n) is 4.26. The van der Waals surface area contributed by atoms with Gasteiger partial charge in [0.05, 0.1) is 20.0 Å². The monoisotopic (exact) mass is 418 g/mol. The number of thiophene rings is 1. The van der Waals surface area contributed by atoms with Gasteiger partial charge in [-0.3, -0.25) is 19.8 Å². The van der Waals surface area contributed by atoms with E-state index < -0.39 is 4.92 Å². The summed E-state index contributed by atoms with van der Waals surface area (Å²) >= 11 is 2.38. The molecule has 0 saturated carbocycles. The fourth-order valence-electron chi connectivity index (χ4n) is 2.98. The lowest BCUT2D eigenvalue weighted by molar-refractivity contribution is -0.380. The topological polar surface area (TPSA) is 79.6 Å². The van der Waals surface area contributed by atoms with Crippen LogP contribution in [0.1, 0.15) is 27.2 Å². The number of aryl methyl sites for hydroxylation is 2. The largest absolute Gasteiger partial charge is 0.324 e. The summed E-state index contributed by atoms with van der Waals surface area (Å²) in [5.74, 6) is -0.245. The number of carbonyl (C=O) groups excluding carboxylic acids is 1. The second-order valence-corrected chi connectivity index (χ2v) is 9.00. The van der Waals surface area contributed by atoms with Crippen molar-refractivity contribution in [1.29, 1.82) is 0 Å². The number of rotatable bonds is 7. The standard InChI is InChI=1S/C19H22N4O3S2/c1-12-10-13(2)17-15(11-12)28-19(20-17)22(9-5-8-21(3)4)18(24)14-6-7-16(27-14)23(25)26/h6-7,10-11H,5,8-9H2,1-4H3. The molecule has 148 valence electrons. The van der Waals surface area contributed by atoms with Crippen molar-refractivity contribution in [2.45, 2.75) is 20.3 Å². The smallest absolute Gasteiger partial charge is 0.309 e. The van der Waals surface area contributed by atoms with Gasteiger partial charge in [-0.25, -0.2) is 4.98 Å². The molecule has 0 bridgehead atoms. The first-order chi connectivity index (χ1) is 13.3. The number of nitro groups is 1. The second-order valence-electron chi connectivity index (χ2n) is 6.93. The average molecular weight is 419 g/mol. The summed E-state index contributed by atoms with van der Waals surface area (Å²) in [4.78, 5) is 32.5. The Morgan fingerprint density at radius 2 is 1.93 bits per heavy atom. The fraction of sp³-hybridized carbons (Fsp3) is 0.368. The zero-order chi connectivity index (χ0) is 20.4. The minimum atomic E-state index is -0.471. The summed E-state index contributed by atoms with van der Waals surface area (Å²) in [5, 5.41) is 11.6. The molecule has 9 heteroatoms. The van der Waals surface area contributed by atoms with Gasteiger partial charge in [-0.1, -0.05) is 28.7 Å². The van der Waals surface area contributed by atoms with E-state index in [0.29, 0.717) is 16.6 Å². The van der Waals surface area contributed by atoms with Crippen molar-refractivity contribution < 1.29 is 9.72 Å². The fourth-order valence-corrected chi connectivity index (χ4v) is 4.91. The van der Waals surface area contributed by atoms with Gasteiger partial charge in [0.15, 0.2) is 5.13 Å². The molecule has 0 N–H and O–H groups in total. The van der Waals surface area contributed by atoms with E-state index in [1.165, 1.54) is 23.5 Å². The Morgan fingerprint density at radius 1 is 1.18 bits per heavy atom. The van der Waals surface area contributed by atoms with Crippen molar-refractivity contribution >= 4 is 48.9 Å². The van der Waals surface area contributed by atoms with Crippen LogP contribution in [0, 0.1) is 24.0 Å². The number of fused-ring (bicyclic) bond motifs is 1. The van der Waals surface area contributed by atoms with Crippen molar-refractivity contribution in [2.75, 3.05) is 32.1 Å². The van der Waals surface area contributed by atoms with Gasteiger partial charge in [0, 0.05) is 12.6 Å². The maximum atomic E-state index is 13.2. The van der Waals surface area contributed by atoms with Gasteiger partial charge in [0.1, 0.15) is 0 Å². The first kappa shape index (κ1) is 20.4. The number of hydrogen-bond donors (Lipinski definition) is 0. The Kier molecular flexibility index (Phi) is 6.07. The van der Waals surface area contributed by atoms with Gasteiger partial charge in [0.2, 0.25) is 0 Å². The van der Waals surface area contributed by atoms with Gasteiger partial charge < -0.3 is 4.90 Å². The molecule has 0 aliphatic rings. The lowest BCUT2D eigenvalue weighted by Gasteiger charge is -2.20. The van der Waals surface area contributed by atoms with Crippen molar-refractivity contribution in [3.8, 4) is 0 Å². The molecule has 28 heavy (non-hydrogen) atoms. The zero-order valence-electron chi connectivity index (χ0n) is 16.3. The van der Waals surface area contributed by atoms with E-state index in [2.05, 4.69) is 17.0 Å². The summed E-state index contributed by atoms with van der Waals surface area (Å²) in [5.41, 5.74) is 3.12. The predicted molar refractivity (Wildman–Crippen MR) is 115 cm³/mol. The molecule has 1 aromatic carbocycles. The molecular weight excluding hydrogens is 396 g/mol. The molecule has 0 saturated heterocycles. The van der Waals surface area contributed by atoms with Gasteiger partial charge in [-0.05, 0) is 64.2 Å². The molecule has 0 unspecified atom stereocenters. The molecule has 0 fully saturated rings. The van der Waals surface area contributed by atoms with Crippen molar-refractivity contribution in [2.24, 2.45) is 0 Å². The van der Waals surface area contributed by atoms with E-state index in [4.69, 9.17) is 4.98 Å². The lowest BCUT2D eigenvalue weighted by atomic mass is 10.1. The van der Waals surface area contributed by atoms with Gasteiger partial charge in [0.25, 0.3) is 5.91 Å². The quantitative estimate of drug-likeness (QED) is 0.417. The molecule has 0 spiro atoms. The summed E-state index contributed by atoms with van der Waals surface area (Å²) in [7, 11) is 3.97. The summed E-state index contributed by atoms with van der Waals surface area (Å²) in [6.45, 7) is 5.38. The van der Waals surface area contributed by atoms with Crippen LogP contribution in [-0.2, 0) is 0 Å². The summed E-state index contributed by atoms with van der Waals surface area (Å²) in [6, 6.07) is 7.04. The van der Waals surface area contributed by atoms with Crippen LogP contribution in [0.3, 0.4) is 0 Å². The Morgan fingerprint density at radius 3 is 2.57 bits per heavy atom. The Balaban J connectivity index is 1.97. The van der Waals surface area contributed by atoms with Crippen LogP contribution in [0.25, 0.3) is 10.2 Å². The number of aromatic nitrogens is 1. The minimum absolute atomic E-state index is 0.0349. The van der Waals surface area contributed by atoms with Crippen LogP contribution in [-0.4, -0.2) is 47.9 Å². The first-order valence-corrected chi connectivity index (χ1v) is 10.5. The molecule has 2 heterocycles. The van der Waals surface area contributed by atoms with Crippen LogP contribution in [0.5, 0.6) is 0 Å². The molecule has 0 aliphatic heterocycles.